The Labute approximate surface area is 328 Å². The number of likely N-dealkylation sites (N-methyl/N-ethyl adjacent to an activating group) is 1. The van der Waals surface area contributed by atoms with E-state index in [2.05, 4.69) is 70.1 Å². The topological polar surface area (TPSA) is 89.9 Å². The van der Waals surface area contributed by atoms with Crippen LogP contribution >= 0.6 is 0 Å². The standard InChI is InChI=1S/2C16H32O2.C15H22N2/c2*1-2-3-4-5-6-7-8-9-10-11-12-13-14-15-16(17)18;1-11-5-6-13-12(9-11)14(2)10-17(4)8-7-15(14,3)16-13/h2*2-15H2,1H3,(H,17,18);5-6,9,16H,7-8,10H2,1-4H3/t;;14-,15-/m..1/s1. The first-order chi connectivity index (χ1) is 25.5. The van der Waals surface area contributed by atoms with Crippen molar-refractivity contribution in [1.29, 1.82) is 0 Å². The van der Waals surface area contributed by atoms with Gasteiger partial charge in [-0.1, -0.05) is 193 Å². The van der Waals surface area contributed by atoms with Gasteiger partial charge in [0, 0.05) is 42.6 Å². The number of carbonyl (C=O) groups is 2. The molecular formula is C47H86N2O4. The fourth-order valence-corrected chi connectivity index (χ4v) is 8.18. The Morgan fingerprint density at radius 3 is 1.34 bits per heavy atom. The molecule has 0 saturated carbocycles. The second kappa shape index (κ2) is 30.2. The van der Waals surface area contributed by atoms with Gasteiger partial charge in [-0.25, -0.2) is 0 Å². The third-order valence-corrected chi connectivity index (χ3v) is 12.0. The lowest BCUT2D eigenvalue weighted by molar-refractivity contribution is -0.138. The first kappa shape index (κ1) is 48.9. The van der Waals surface area contributed by atoms with E-state index in [9.17, 15) is 9.59 Å². The molecule has 0 amide bonds. The van der Waals surface area contributed by atoms with Crippen LogP contribution in [0.4, 0.5) is 5.69 Å². The summed E-state index contributed by atoms with van der Waals surface area (Å²) in [5, 5.41) is 20.8. The third kappa shape index (κ3) is 22.2. The Hall–Kier alpha value is -2.08. The molecule has 6 nitrogen and oxygen atoms in total. The first-order valence-corrected chi connectivity index (χ1v) is 22.5. The van der Waals surface area contributed by atoms with Crippen molar-refractivity contribution in [2.75, 3.05) is 25.5 Å². The monoisotopic (exact) mass is 743 g/mol. The summed E-state index contributed by atoms with van der Waals surface area (Å²) in [7, 11) is 2.23. The lowest BCUT2D eigenvalue weighted by atomic mass is 9.66. The van der Waals surface area contributed by atoms with Gasteiger partial charge in [0.1, 0.15) is 0 Å². The Morgan fingerprint density at radius 2 is 0.981 bits per heavy atom. The highest BCUT2D eigenvalue weighted by molar-refractivity contribution is 5.67. The van der Waals surface area contributed by atoms with Crippen LogP contribution < -0.4 is 5.32 Å². The lowest BCUT2D eigenvalue weighted by Crippen LogP contribution is -2.59. The summed E-state index contributed by atoms with van der Waals surface area (Å²) < 4.78 is 0. The number of carboxylic acids is 2. The van der Waals surface area contributed by atoms with E-state index in [1.807, 2.05) is 0 Å². The molecule has 0 aromatic heterocycles. The number of rotatable bonds is 28. The zero-order chi connectivity index (χ0) is 39.2. The van der Waals surface area contributed by atoms with Crippen LogP contribution in [0.2, 0.25) is 0 Å². The summed E-state index contributed by atoms with van der Waals surface area (Å²) >= 11 is 0. The maximum Gasteiger partial charge on any atom is 0.303 e. The maximum atomic E-state index is 10.3. The molecule has 1 aromatic rings. The van der Waals surface area contributed by atoms with Gasteiger partial charge in [0.05, 0.1) is 0 Å². The molecule has 0 spiro atoms. The zero-order valence-electron chi connectivity index (χ0n) is 35.8. The predicted molar refractivity (Wildman–Crippen MR) is 229 cm³/mol. The number of nitrogens with zero attached hydrogens (tertiary/aromatic N) is 1. The average Bonchev–Trinajstić information content (AvgIpc) is 3.34. The van der Waals surface area contributed by atoms with Gasteiger partial charge in [-0.3, -0.25) is 9.59 Å². The highest BCUT2D eigenvalue weighted by atomic mass is 16.4. The van der Waals surface area contributed by atoms with Gasteiger partial charge in [-0.15, -0.1) is 0 Å². The van der Waals surface area contributed by atoms with Crippen LogP contribution in [0.25, 0.3) is 0 Å². The summed E-state index contributed by atoms with van der Waals surface area (Å²) in [5.41, 5.74) is 4.67. The van der Waals surface area contributed by atoms with E-state index in [4.69, 9.17) is 10.2 Å². The molecule has 2 aliphatic heterocycles. The Morgan fingerprint density at radius 1 is 0.623 bits per heavy atom. The fourth-order valence-electron chi connectivity index (χ4n) is 8.18. The molecule has 3 rings (SSSR count). The second-order valence-corrected chi connectivity index (χ2v) is 17.1. The summed E-state index contributed by atoms with van der Waals surface area (Å²) in [5.74, 6) is -1.31. The van der Waals surface area contributed by atoms with Crippen molar-refractivity contribution in [2.45, 2.75) is 232 Å². The highest BCUT2D eigenvalue weighted by Crippen LogP contribution is 2.51. The first-order valence-electron chi connectivity index (χ1n) is 22.5. The van der Waals surface area contributed by atoms with Gasteiger partial charge in [-0.2, -0.15) is 0 Å². The lowest BCUT2D eigenvalue weighted by Gasteiger charge is -2.48. The Bertz CT molecular complexity index is 1040. The van der Waals surface area contributed by atoms with Crippen molar-refractivity contribution in [3.8, 4) is 0 Å². The van der Waals surface area contributed by atoms with Crippen LogP contribution in [-0.2, 0) is 15.0 Å². The number of hydrogen-bond donors (Lipinski definition) is 3. The molecule has 0 radical (unpaired) electrons. The third-order valence-electron chi connectivity index (χ3n) is 12.0. The van der Waals surface area contributed by atoms with Crippen molar-refractivity contribution >= 4 is 17.6 Å². The maximum absolute atomic E-state index is 10.3. The molecule has 2 atom stereocenters. The number of anilines is 1. The number of fused-ring (bicyclic) bond motifs is 3. The minimum absolute atomic E-state index is 0.218. The summed E-state index contributed by atoms with van der Waals surface area (Å²) in [6.45, 7) is 13.8. The van der Waals surface area contributed by atoms with Crippen molar-refractivity contribution in [3.63, 3.8) is 0 Å². The number of piperidine rings is 1. The molecule has 0 unspecified atom stereocenters. The number of aliphatic carboxylic acids is 2. The largest absolute Gasteiger partial charge is 0.481 e. The van der Waals surface area contributed by atoms with Crippen molar-refractivity contribution < 1.29 is 19.8 Å². The van der Waals surface area contributed by atoms with E-state index in [-0.39, 0.29) is 11.0 Å². The molecule has 1 aromatic carbocycles. The van der Waals surface area contributed by atoms with Crippen LogP contribution in [0.15, 0.2) is 18.2 Å². The van der Waals surface area contributed by atoms with Crippen LogP contribution in [0.1, 0.15) is 225 Å². The number of nitrogens with one attached hydrogen (secondary N) is 1. The molecule has 53 heavy (non-hydrogen) atoms. The van der Waals surface area contributed by atoms with Crippen molar-refractivity contribution in [1.82, 2.24) is 4.90 Å². The number of unbranched alkanes of at least 4 members (excludes halogenated alkanes) is 24. The molecule has 0 aliphatic carbocycles. The normalized spacial score (nSPS) is 18.9. The quantitative estimate of drug-likeness (QED) is 0.0741. The van der Waals surface area contributed by atoms with Gasteiger partial charge >= 0.3 is 11.9 Å². The molecule has 1 fully saturated rings. The van der Waals surface area contributed by atoms with E-state index >= 15 is 0 Å². The molecule has 6 heteroatoms. The number of carboxylic acid groups (broad SMARTS) is 2. The van der Waals surface area contributed by atoms with Gasteiger partial charge in [-0.05, 0) is 51.8 Å². The van der Waals surface area contributed by atoms with Gasteiger partial charge < -0.3 is 20.4 Å². The number of hydrogen-bond acceptors (Lipinski definition) is 4. The average molecular weight is 743 g/mol. The summed E-state index contributed by atoms with van der Waals surface area (Å²) in [6, 6.07) is 6.83. The minimum Gasteiger partial charge on any atom is -0.481 e. The van der Waals surface area contributed by atoms with Gasteiger partial charge in [0.15, 0.2) is 0 Å². The molecule has 3 N–H and O–H groups in total. The van der Waals surface area contributed by atoms with E-state index < -0.39 is 11.9 Å². The molecule has 0 bridgehead atoms. The molecular weight excluding hydrogens is 657 g/mol. The SMILES string of the molecule is CCCCCCCCCCCCCCCC(=O)O.CCCCCCCCCCCCCCCC(=O)O.Cc1ccc2c(c1)[C@@]1(C)CN(C)CC[C@@]1(C)N2. The van der Waals surface area contributed by atoms with E-state index in [0.29, 0.717) is 12.8 Å². The molecule has 2 heterocycles. The summed E-state index contributed by atoms with van der Waals surface area (Å²) in [6.07, 6.45) is 35.8. The highest BCUT2D eigenvalue weighted by Gasteiger charge is 2.54. The van der Waals surface area contributed by atoms with Crippen LogP contribution in [0.3, 0.4) is 0 Å². The van der Waals surface area contributed by atoms with Crippen LogP contribution in [0.5, 0.6) is 0 Å². The van der Waals surface area contributed by atoms with E-state index in [0.717, 1.165) is 32.2 Å². The van der Waals surface area contributed by atoms with Gasteiger partial charge in [0.25, 0.3) is 0 Å². The van der Waals surface area contributed by atoms with E-state index in [1.165, 1.54) is 171 Å². The van der Waals surface area contributed by atoms with E-state index in [1.54, 1.807) is 0 Å². The van der Waals surface area contributed by atoms with Gasteiger partial charge in [0.2, 0.25) is 0 Å². The summed E-state index contributed by atoms with van der Waals surface area (Å²) in [4.78, 5) is 23.1. The molecule has 1 saturated heterocycles. The Balaban J connectivity index is 0.000000397. The molecule has 2 aliphatic rings. The van der Waals surface area contributed by atoms with Crippen molar-refractivity contribution in [2.24, 2.45) is 0 Å². The van der Waals surface area contributed by atoms with Crippen LogP contribution in [-0.4, -0.2) is 52.7 Å². The Kier molecular flexibility index (Phi) is 27.9. The minimum atomic E-state index is -0.655. The zero-order valence-corrected chi connectivity index (χ0v) is 35.8. The van der Waals surface area contributed by atoms with Crippen LogP contribution in [0, 0.1) is 6.92 Å². The number of likely N-dealkylation sites (tertiary alicyclic amines) is 1. The fraction of sp³-hybridized carbons (Fsp3) is 0.830. The number of aryl methyl sites for hydroxylation is 1. The number of benzene rings is 1. The predicted octanol–water partition coefficient (Wildman–Crippen LogP) is 13.9. The smallest absolute Gasteiger partial charge is 0.303 e. The molecule has 308 valence electrons. The second-order valence-electron chi connectivity index (χ2n) is 17.1. The van der Waals surface area contributed by atoms with Crippen molar-refractivity contribution in [3.05, 3.63) is 29.3 Å².